The SMILES string of the molecule is [2H]C([2H])(Cc1cccc2cccc(O)c12)NC. The number of nitrogens with one attached hydrogen (secondary N) is 1. The average Bonchev–Trinajstić information content (AvgIpc) is 2.29. The number of phenolic OH excluding ortho intramolecular Hbond substituents is 1. The van der Waals surface area contributed by atoms with Gasteiger partial charge in [0.15, 0.2) is 0 Å². The van der Waals surface area contributed by atoms with Crippen LogP contribution in [0, 0.1) is 0 Å². The molecule has 0 bridgehead atoms. The number of hydrogen-bond acceptors (Lipinski definition) is 2. The summed E-state index contributed by atoms with van der Waals surface area (Å²) in [6.07, 6.45) is 0.221. The third kappa shape index (κ3) is 1.95. The molecular formula is C13H15NO. The maximum absolute atomic E-state index is 9.88. The van der Waals surface area contributed by atoms with Crippen molar-refractivity contribution in [3.8, 4) is 5.75 Å². The molecule has 0 heterocycles. The summed E-state index contributed by atoms with van der Waals surface area (Å²) in [4.78, 5) is 0. The van der Waals surface area contributed by atoms with Gasteiger partial charge >= 0.3 is 0 Å². The Kier molecular flexibility index (Phi) is 2.22. The van der Waals surface area contributed by atoms with Gasteiger partial charge in [0.2, 0.25) is 0 Å². The second-order valence-corrected chi connectivity index (χ2v) is 3.40. The molecule has 0 unspecified atom stereocenters. The molecule has 0 aliphatic carbocycles. The first-order chi connectivity index (χ1) is 8.03. The zero-order chi connectivity index (χ0) is 12.5. The predicted octanol–water partition coefficient (Wildman–Crippen LogP) is 2.31. The van der Waals surface area contributed by atoms with Gasteiger partial charge in [0.25, 0.3) is 0 Å². The molecule has 2 rings (SSSR count). The first-order valence-corrected chi connectivity index (χ1v) is 4.92. The van der Waals surface area contributed by atoms with E-state index in [9.17, 15) is 5.11 Å². The van der Waals surface area contributed by atoms with E-state index in [4.69, 9.17) is 2.74 Å². The summed E-state index contributed by atoms with van der Waals surface area (Å²) in [5, 5.41) is 14.2. The molecule has 0 aromatic heterocycles. The molecule has 15 heavy (non-hydrogen) atoms. The van der Waals surface area contributed by atoms with E-state index in [0.29, 0.717) is 0 Å². The van der Waals surface area contributed by atoms with Crippen LogP contribution in [0.15, 0.2) is 36.4 Å². The van der Waals surface area contributed by atoms with Crippen molar-refractivity contribution in [1.29, 1.82) is 0 Å². The highest BCUT2D eigenvalue weighted by Gasteiger charge is 2.04. The number of rotatable bonds is 3. The molecule has 78 valence electrons. The van der Waals surface area contributed by atoms with Crippen LogP contribution in [0.4, 0.5) is 0 Å². The van der Waals surface area contributed by atoms with Gasteiger partial charge in [-0.05, 0) is 37.0 Å². The van der Waals surface area contributed by atoms with E-state index in [1.807, 2.05) is 24.3 Å². The van der Waals surface area contributed by atoms with E-state index >= 15 is 0 Å². The van der Waals surface area contributed by atoms with Crippen molar-refractivity contribution >= 4 is 10.8 Å². The van der Waals surface area contributed by atoms with Crippen molar-refractivity contribution in [2.24, 2.45) is 0 Å². The summed E-state index contributed by atoms with van der Waals surface area (Å²) in [7, 11) is 1.59. The monoisotopic (exact) mass is 203 g/mol. The first-order valence-electron chi connectivity index (χ1n) is 5.92. The summed E-state index contributed by atoms with van der Waals surface area (Å²) in [6, 6.07) is 11.0. The molecule has 0 aliphatic rings. The van der Waals surface area contributed by atoms with Crippen LogP contribution in [0.1, 0.15) is 8.30 Å². The standard InChI is InChI=1S/C13H15NO/c1-14-9-8-11-5-2-4-10-6-3-7-12(15)13(10)11/h2-7,14-15H,8-9H2,1H3/i9D2. The van der Waals surface area contributed by atoms with E-state index in [2.05, 4.69) is 5.32 Å². The van der Waals surface area contributed by atoms with Crippen LogP contribution in [-0.2, 0) is 6.42 Å². The molecule has 2 N–H and O–H groups in total. The van der Waals surface area contributed by atoms with Gasteiger partial charge in [-0.3, -0.25) is 0 Å². The van der Waals surface area contributed by atoms with Crippen molar-refractivity contribution < 1.29 is 7.85 Å². The summed E-state index contributed by atoms with van der Waals surface area (Å²) >= 11 is 0. The van der Waals surface area contributed by atoms with Crippen LogP contribution < -0.4 is 5.32 Å². The maximum Gasteiger partial charge on any atom is 0.123 e. The molecule has 0 fully saturated rings. The predicted molar refractivity (Wildman–Crippen MR) is 63.2 cm³/mol. The van der Waals surface area contributed by atoms with Crippen molar-refractivity contribution in [2.75, 3.05) is 13.5 Å². The molecule has 2 heteroatoms. The van der Waals surface area contributed by atoms with Crippen molar-refractivity contribution in [3.05, 3.63) is 42.0 Å². The fraction of sp³-hybridized carbons (Fsp3) is 0.231. The van der Waals surface area contributed by atoms with Gasteiger partial charge in [-0.15, -0.1) is 0 Å². The fourth-order valence-electron chi connectivity index (χ4n) is 1.73. The average molecular weight is 203 g/mol. The second kappa shape index (κ2) is 4.32. The molecule has 0 aliphatic heterocycles. The van der Waals surface area contributed by atoms with Crippen LogP contribution >= 0.6 is 0 Å². The molecule has 2 aromatic rings. The number of aromatic hydroxyl groups is 1. The van der Waals surface area contributed by atoms with Crippen LogP contribution in [0.25, 0.3) is 10.8 Å². The van der Waals surface area contributed by atoms with Gasteiger partial charge in [0.1, 0.15) is 5.75 Å². The lowest BCUT2D eigenvalue weighted by atomic mass is 10.0. The Labute approximate surface area is 92.4 Å². The van der Waals surface area contributed by atoms with E-state index in [1.54, 1.807) is 19.2 Å². The number of phenols is 1. The van der Waals surface area contributed by atoms with E-state index in [1.165, 1.54) is 0 Å². The molecule has 0 saturated heterocycles. The number of hydrogen-bond donors (Lipinski definition) is 2. The highest BCUT2D eigenvalue weighted by Crippen LogP contribution is 2.27. The lowest BCUT2D eigenvalue weighted by molar-refractivity contribution is 0.481. The number of aryl methyl sites for hydroxylation is 1. The molecule has 2 aromatic carbocycles. The molecule has 0 saturated carbocycles. The zero-order valence-electron chi connectivity index (χ0n) is 10.6. The van der Waals surface area contributed by atoms with Gasteiger partial charge in [-0.1, -0.05) is 30.3 Å². The highest BCUT2D eigenvalue weighted by molar-refractivity contribution is 5.91. The van der Waals surface area contributed by atoms with E-state index in [0.717, 1.165) is 16.3 Å². The quantitative estimate of drug-likeness (QED) is 0.802. The van der Waals surface area contributed by atoms with Crippen LogP contribution in [0.5, 0.6) is 5.75 Å². The number of fused-ring (bicyclic) bond motifs is 1. The van der Waals surface area contributed by atoms with E-state index < -0.39 is 6.50 Å². The lowest BCUT2D eigenvalue weighted by Gasteiger charge is -2.07. The molecule has 0 atom stereocenters. The Morgan fingerprint density at radius 3 is 2.73 bits per heavy atom. The minimum Gasteiger partial charge on any atom is -0.507 e. The topological polar surface area (TPSA) is 32.3 Å². The van der Waals surface area contributed by atoms with E-state index in [-0.39, 0.29) is 12.2 Å². The highest BCUT2D eigenvalue weighted by atomic mass is 16.3. The summed E-state index contributed by atoms with van der Waals surface area (Å²) in [5.74, 6) is 0.199. The lowest BCUT2D eigenvalue weighted by Crippen LogP contribution is -2.10. The second-order valence-electron chi connectivity index (χ2n) is 3.40. The Morgan fingerprint density at radius 2 is 2.00 bits per heavy atom. The van der Waals surface area contributed by atoms with Crippen molar-refractivity contribution in [2.45, 2.75) is 6.42 Å². The maximum atomic E-state index is 9.88. The smallest absolute Gasteiger partial charge is 0.123 e. The minimum absolute atomic E-state index is 0.199. The van der Waals surface area contributed by atoms with Gasteiger partial charge in [0.05, 0.1) is 0 Å². The largest absolute Gasteiger partial charge is 0.507 e. The van der Waals surface area contributed by atoms with Crippen LogP contribution in [0.3, 0.4) is 0 Å². The normalized spacial score (nSPS) is 13.7. The third-order valence-electron chi connectivity index (χ3n) is 2.42. The molecular weight excluding hydrogens is 186 g/mol. The Hall–Kier alpha value is -1.54. The molecule has 2 nitrogen and oxygen atoms in total. The Balaban J connectivity index is 2.54. The fourth-order valence-corrected chi connectivity index (χ4v) is 1.73. The van der Waals surface area contributed by atoms with Crippen molar-refractivity contribution in [1.82, 2.24) is 5.32 Å². The van der Waals surface area contributed by atoms with Gasteiger partial charge in [-0.25, -0.2) is 0 Å². The van der Waals surface area contributed by atoms with Gasteiger partial charge in [0, 0.05) is 8.13 Å². The Bertz CT molecular complexity index is 535. The molecule has 0 amide bonds. The molecule has 0 radical (unpaired) electrons. The summed E-state index contributed by atoms with van der Waals surface area (Å²) < 4.78 is 15.5. The third-order valence-corrected chi connectivity index (χ3v) is 2.42. The summed E-state index contributed by atoms with van der Waals surface area (Å²) in [6.45, 7) is -1.48. The number of benzene rings is 2. The van der Waals surface area contributed by atoms with Gasteiger partial charge < -0.3 is 10.4 Å². The first kappa shape index (κ1) is 7.71. The Morgan fingerprint density at radius 1 is 1.27 bits per heavy atom. The van der Waals surface area contributed by atoms with Crippen LogP contribution in [0.2, 0.25) is 0 Å². The molecule has 0 spiro atoms. The zero-order valence-corrected chi connectivity index (χ0v) is 8.62. The van der Waals surface area contributed by atoms with Crippen LogP contribution in [-0.4, -0.2) is 18.7 Å². The summed E-state index contributed by atoms with van der Waals surface area (Å²) in [5.41, 5.74) is 0.806. The number of likely N-dealkylation sites (N-methyl/N-ethyl adjacent to an activating group) is 1. The minimum atomic E-state index is -1.48. The van der Waals surface area contributed by atoms with Crippen molar-refractivity contribution in [3.63, 3.8) is 0 Å². The van der Waals surface area contributed by atoms with Gasteiger partial charge in [-0.2, -0.15) is 0 Å².